The van der Waals surface area contributed by atoms with Crippen molar-refractivity contribution >= 4 is 11.8 Å². The van der Waals surface area contributed by atoms with E-state index in [2.05, 4.69) is 31.2 Å². The van der Waals surface area contributed by atoms with Crippen molar-refractivity contribution in [1.82, 2.24) is 15.4 Å². The van der Waals surface area contributed by atoms with Crippen molar-refractivity contribution in [2.75, 3.05) is 0 Å². The second-order valence-electron chi connectivity index (χ2n) is 9.56. The van der Waals surface area contributed by atoms with Crippen LogP contribution in [0.15, 0.2) is 81.9 Å². The van der Waals surface area contributed by atoms with E-state index in [1.54, 1.807) is 35.4 Å². The number of amides is 2. The summed E-state index contributed by atoms with van der Waals surface area (Å²) in [5.74, 6) is -0.00816. The highest BCUT2D eigenvalue weighted by Gasteiger charge is 2.22. The van der Waals surface area contributed by atoms with Gasteiger partial charge in [0.05, 0.1) is 19.4 Å². The van der Waals surface area contributed by atoms with Crippen LogP contribution >= 0.6 is 0 Å². The first kappa shape index (κ1) is 24.9. The van der Waals surface area contributed by atoms with Gasteiger partial charge in [0.1, 0.15) is 11.6 Å². The van der Waals surface area contributed by atoms with Crippen LogP contribution in [-0.2, 0) is 25.0 Å². The number of rotatable bonds is 8. The summed E-state index contributed by atoms with van der Waals surface area (Å²) in [6.07, 6.45) is 1.55. The van der Waals surface area contributed by atoms with Crippen LogP contribution in [0.3, 0.4) is 0 Å². The summed E-state index contributed by atoms with van der Waals surface area (Å²) >= 11 is 0. The van der Waals surface area contributed by atoms with E-state index in [4.69, 9.17) is 8.94 Å². The van der Waals surface area contributed by atoms with Gasteiger partial charge < -0.3 is 19.2 Å². The van der Waals surface area contributed by atoms with Gasteiger partial charge in [0.2, 0.25) is 0 Å². The number of carbonyl (C=O) groups excluding carboxylic acids is 2. The van der Waals surface area contributed by atoms with Gasteiger partial charge in [-0.1, -0.05) is 50.2 Å². The first-order chi connectivity index (χ1) is 17.2. The molecule has 0 aliphatic carbocycles. The number of nitrogens with one attached hydrogen (secondary N) is 1. The van der Waals surface area contributed by atoms with E-state index in [1.807, 2.05) is 24.3 Å². The van der Waals surface area contributed by atoms with Crippen LogP contribution in [0.4, 0.5) is 4.39 Å². The summed E-state index contributed by atoms with van der Waals surface area (Å²) in [5.41, 5.74) is 2.48. The van der Waals surface area contributed by atoms with E-state index in [0.717, 1.165) is 11.1 Å². The molecular weight excluding hydrogens is 461 g/mol. The molecular formula is C28H28FN3O4. The minimum absolute atomic E-state index is 0.0249. The number of hydrogen-bond donors (Lipinski definition) is 1. The number of furan rings is 1. The van der Waals surface area contributed by atoms with E-state index in [9.17, 15) is 14.0 Å². The first-order valence-corrected chi connectivity index (χ1v) is 11.6. The first-order valence-electron chi connectivity index (χ1n) is 11.6. The molecule has 8 heteroatoms. The molecule has 0 aliphatic heterocycles. The van der Waals surface area contributed by atoms with Gasteiger partial charge in [0.15, 0.2) is 11.5 Å². The van der Waals surface area contributed by atoms with Crippen LogP contribution in [0, 0.1) is 5.82 Å². The summed E-state index contributed by atoms with van der Waals surface area (Å²) in [6, 6.07) is 18.4. The third-order valence-corrected chi connectivity index (χ3v) is 5.72. The van der Waals surface area contributed by atoms with Crippen LogP contribution in [0.1, 0.15) is 64.3 Å². The highest BCUT2D eigenvalue weighted by molar-refractivity contribution is 5.94. The average Bonchev–Trinajstić information content (AvgIpc) is 3.55. The molecule has 0 atom stereocenters. The van der Waals surface area contributed by atoms with Gasteiger partial charge in [-0.2, -0.15) is 0 Å². The van der Waals surface area contributed by atoms with Crippen LogP contribution < -0.4 is 5.32 Å². The lowest BCUT2D eigenvalue weighted by Crippen LogP contribution is -2.30. The molecule has 2 aromatic heterocycles. The molecule has 186 valence electrons. The lowest BCUT2D eigenvalue weighted by atomic mass is 9.86. The molecule has 0 saturated heterocycles. The average molecular weight is 490 g/mol. The molecule has 2 aromatic carbocycles. The fraction of sp³-hybridized carbons (Fsp3) is 0.250. The summed E-state index contributed by atoms with van der Waals surface area (Å²) < 4.78 is 23.9. The van der Waals surface area contributed by atoms with Gasteiger partial charge in [-0.05, 0) is 52.9 Å². The Balaban J connectivity index is 1.46. The summed E-state index contributed by atoms with van der Waals surface area (Å²) in [4.78, 5) is 27.5. The van der Waals surface area contributed by atoms with Gasteiger partial charge in [-0.15, -0.1) is 0 Å². The minimum atomic E-state index is -0.434. The summed E-state index contributed by atoms with van der Waals surface area (Å²) in [5, 5.41) is 6.58. The fourth-order valence-electron chi connectivity index (χ4n) is 3.64. The Morgan fingerprint density at radius 3 is 2.31 bits per heavy atom. The lowest BCUT2D eigenvalue weighted by molar-refractivity contribution is 0.0700. The maximum Gasteiger partial charge on any atom is 0.273 e. The van der Waals surface area contributed by atoms with E-state index >= 15 is 0 Å². The van der Waals surface area contributed by atoms with Crippen molar-refractivity contribution in [3.8, 4) is 0 Å². The normalized spacial score (nSPS) is 11.3. The molecule has 0 unspecified atom stereocenters. The number of aromatic nitrogens is 1. The third kappa shape index (κ3) is 6.27. The van der Waals surface area contributed by atoms with Gasteiger partial charge in [-0.25, -0.2) is 4.39 Å². The minimum Gasteiger partial charge on any atom is -0.467 e. The molecule has 4 rings (SSSR count). The number of hydrogen-bond acceptors (Lipinski definition) is 5. The molecule has 2 heterocycles. The predicted molar refractivity (Wildman–Crippen MR) is 132 cm³/mol. The van der Waals surface area contributed by atoms with Crippen molar-refractivity contribution < 1.29 is 22.9 Å². The molecule has 0 spiro atoms. The van der Waals surface area contributed by atoms with E-state index in [1.165, 1.54) is 18.2 Å². The molecule has 0 bridgehead atoms. The zero-order valence-corrected chi connectivity index (χ0v) is 20.5. The Hall–Kier alpha value is -4.20. The number of nitrogens with zero attached hydrogens (tertiary/aromatic N) is 2. The number of benzene rings is 2. The second-order valence-corrected chi connectivity index (χ2v) is 9.56. The fourth-order valence-corrected chi connectivity index (χ4v) is 3.64. The van der Waals surface area contributed by atoms with Gasteiger partial charge in [-0.3, -0.25) is 9.59 Å². The molecule has 0 fully saturated rings. The molecule has 36 heavy (non-hydrogen) atoms. The van der Waals surface area contributed by atoms with Crippen molar-refractivity contribution in [2.45, 2.75) is 45.8 Å². The van der Waals surface area contributed by atoms with Crippen molar-refractivity contribution in [3.63, 3.8) is 0 Å². The van der Waals surface area contributed by atoms with Crippen LogP contribution in [0.5, 0.6) is 0 Å². The van der Waals surface area contributed by atoms with Crippen molar-refractivity contribution in [1.29, 1.82) is 0 Å². The monoisotopic (exact) mass is 489 g/mol. The van der Waals surface area contributed by atoms with Gasteiger partial charge in [0, 0.05) is 18.2 Å². The quantitative estimate of drug-likeness (QED) is 0.354. The Morgan fingerprint density at radius 1 is 0.972 bits per heavy atom. The van der Waals surface area contributed by atoms with Crippen molar-refractivity contribution in [3.05, 3.63) is 113 Å². The Labute approximate surface area is 208 Å². The van der Waals surface area contributed by atoms with Crippen LogP contribution in [-0.4, -0.2) is 21.9 Å². The molecule has 2 amide bonds. The SMILES string of the molecule is CC(C)(C)c1ccc(C(=O)N(Cc2ccco2)Cc2cc(C(=O)NCc3ccc(F)cc3)no2)cc1. The maximum atomic E-state index is 13.4. The Morgan fingerprint density at radius 2 is 1.67 bits per heavy atom. The molecule has 0 saturated carbocycles. The predicted octanol–water partition coefficient (Wildman–Crippen LogP) is 5.48. The zero-order valence-electron chi connectivity index (χ0n) is 20.5. The zero-order chi connectivity index (χ0) is 25.7. The van der Waals surface area contributed by atoms with E-state index < -0.39 is 5.91 Å². The standard InChI is InChI=1S/C28H28FN3O4/c1-28(2,3)21-10-8-20(9-11-21)27(34)32(17-23-5-4-14-35-23)18-24-15-25(31-36-24)26(33)30-16-19-6-12-22(29)13-7-19/h4-15H,16-18H2,1-3H3,(H,30,33). The number of halogens is 1. The largest absolute Gasteiger partial charge is 0.467 e. The van der Waals surface area contributed by atoms with E-state index in [-0.39, 0.29) is 42.5 Å². The second kappa shape index (κ2) is 10.6. The molecule has 1 N–H and O–H groups in total. The molecule has 7 nitrogen and oxygen atoms in total. The van der Waals surface area contributed by atoms with Crippen LogP contribution in [0.25, 0.3) is 0 Å². The molecule has 4 aromatic rings. The van der Waals surface area contributed by atoms with Gasteiger partial charge in [0.25, 0.3) is 11.8 Å². The highest BCUT2D eigenvalue weighted by Crippen LogP contribution is 2.23. The maximum absolute atomic E-state index is 13.4. The van der Waals surface area contributed by atoms with Crippen LogP contribution in [0.2, 0.25) is 0 Å². The Kier molecular flexibility index (Phi) is 7.33. The lowest BCUT2D eigenvalue weighted by Gasteiger charge is -2.22. The molecule has 0 radical (unpaired) electrons. The highest BCUT2D eigenvalue weighted by atomic mass is 19.1. The third-order valence-electron chi connectivity index (χ3n) is 5.72. The summed E-state index contributed by atoms with van der Waals surface area (Å²) in [7, 11) is 0. The molecule has 0 aliphatic rings. The Bertz CT molecular complexity index is 1300. The summed E-state index contributed by atoms with van der Waals surface area (Å²) in [6.45, 7) is 6.88. The van der Waals surface area contributed by atoms with E-state index in [0.29, 0.717) is 17.1 Å². The smallest absolute Gasteiger partial charge is 0.273 e. The number of carbonyl (C=O) groups is 2. The van der Waals surface area contributed by atoms with Crippen molar-refractivity contribution in [2.24, 2.45) is 0 Å². The topological polar surface area (TPSA) is 88.6 Å². The van der Waals surface area contributed by atoms with Gasteiger partial charge >= 0.3 is 0 Å².